The number of hydrogen-bond acceptors (Lipinski definition) is 9. The van der Waals surface area contributed by atoms with E-state index in [1.54, 1.807) is 24.3 Å². The lowest BCUT2D eigenvalue weighted by Crippen LogP contribution is -2.48. The van der Waals surface area contributed by atoms with Crippen molar-refractivity contribution in [3.63, 3.8) is 0 Å². The van der Waals surface area contributed by atoms with Crippen LogP contribution < -0.4 is 43.8 Å². The van der Waals surface area contributed by atoms with Crippen LogP contribution >= 0.6 is 0 Å². The van der Waals surface area contributed by atoms with E-state index in [0.29, 0.717) is 45.3 Å². The van der Waals surface area contributed by atoms with E-state index in [1.807, 2.05) is 0 Å². The standard InChI is InChI=1S/C35H65N9O4.C2HF3O2/c1-2-3-4-5-6-7-8-15-32(46)44-31(27-28-16-18-29(45)19-17-28)34(48)42-26-13-23-40-21-10-9-20-39-22-12-25-41-33(47)30(36)14-11-24-43-35(37)38;3-2(4,5)1(6)7/h16-19,30-31,39-40,45H,2-15,20-27,36H2,1H3,(H,41,47)(H,42,48)(H,44,46)(H4,37,38,43);(H,6,7)/t30-,31+;/m0./s1. The second-order valence-electron chi connectivity index (χ2n) is 13.2. The minimum Gasteiger partial charge on any atom is -0.508 e. The molecule has 316 valence electrons. The minimum atomic E-state index is -5.08. The molecule has 1 rings (SSSR count). The molecule has 15 nitrogen and oxygen atoms in total. The van der Waals surface area contributed by atoms with Gasteiger partial charge < -0.3 is 54.0 Å². The number of aliphatic imine (C=N–C) groups is 1. The molecule has 55 heavy (non-hydrogen) atoms. The fourth-order valence-corrected chi connectivity index (χ4v) is 5.09. The topological polar surface area (TPSA) is 259 Å². The molecule has 1 aromatic carbocycles. The van der Waals surface area contributed by atoms with Gasteiger partial charge in [-0.25, -0.2) is 4.79 Å². The lowest BCUT2D eigenvalue weighted by Gasteiger charge is -2.19. The van der Waals surface area contributed by atoms with Gasteiger partial charge in [-0.15, -0.1) is 0 Å². The second-order valence-corrected chi connectivity index (χ2v) is 13.2. The molecule has 0 fully saturated rings. The van der Waals surface area contributed by atoms with Gasteiger partial charge in [0.15, 0.2) is 5.96 Å². The van der Waals surface area contributed by atoms with Gasteiger partial charge in [0.1, 0.15) is 11.8 Å². The average molecular weight is 790 g/mol. The van der Waals surface area contributed by atoms with E-state index in [4.69, 9.17) is 27.1 Å². The largest absolute Gasteiger partial charge is 0.508 e. The van der Waals surface area contributed by atoms with Crippen LogP contribution in [0.15, 0.2) is 29.3 Å². The van der Waals surface area contributed by atoms with Gasteiger partial charge in [-0.05, 0) is 88.8 Å². The van der Waals surface area contributed by atoms with Crippen LogP contribution in [0.5, 0.6) is 5.75 Å². The number of aromatic hydroxyl groups is 1. The fraction of sp³-hybridized carbons (Fsp3) is 0.703. The number of guanidine groups is 1. The van der Waals surface area contributed by atoms with Crippen LogP contribution in [0.4, 0.5) is 13.2 Å². The van der Waals surface area contributed by atoms with Crippen LogP contribution in [-0.2, 0) is 25.6 Å². The highest BCUT2D eigenvalue weighted by Crippen LogP contribution is 2.14. The maximum Gasteiger partial charge on any atom is 0.490 e. The Morgan fingerprint density at radius 2 is 1.25 bits per heavy atom. The summed E-state index contributed by atoms with van der Waals surface area (Å²) in [6.07, 6.45) is 8.51. The number of aliphatic carboxylic acids is 1. The minimum absolute atomic E-state index is 0.0424. The third-order valence-electron chi connectivity index (χ3n) is 8.20. The SMILES string of the molecule is CCCCCCCCCC(=O)N[C@H](Cc1ccc(O)cc1)C(=O)NCCCNCCCCNCCCNC(=O)[C@@H](N)CCCN=C(N)N.O=C(O)C(F)(F)F. The number of carbonyl (C=O) groups is 4. The molecular weight excluding hydrogens is 723 g/mol. The van der Waals surface area contributed by atoms with E-state index in [9.17, 15) is 32.7 Å². The number of hydrogen-bond donors (Lipinski definition) is 10. The number of nitrogens with zero attached hydrogens (tertiary/aromatic N) is 1. The van der Waals surface area contributed by atoms with Crippen molar-refractivity contribution in [2.45, 2.75) is 121 Å². The number of alkyl halides is 3. The van der Waals surface area contributed by atoms with Crippen LogP contribution in [0, 0.1) is 0 Å². The number of carboxylic acids is 1. The first kappa shape index (κ1) is 50.8. The van der Waals surface area contributed by atoms with Crippen LogP contribution in [-0.4, -0.2) is 104 Å². The second kappa shape index (κ2) is 32.1. The van der Waals surface area contributed by atoms with Crippen molar-refractivity contribution in [1.29, 1.82) is 0 Å². The zero-order valence-corrected chi connectivity index (χ0v) is 32.4. The van der Waals surface area contributed by atoms with Gasteiger partial charge in [0.05, 0.1) is 6.04 Å². The van der Waals surface area contributed by atoms with Gasteiger partial charge in [-0.3, -0.25) is 19.4 Å². The van der Waals surface area contributed by atoms with Gasteiger partial charge in [0.25, 0.3) is 0 Å². The Balaban J connectivity index is 0.00000377. The average Bonchev–Trinajstić information content (AvgIpc) is 3.13. The predicted molar refractivity (Wildman–Crippen MR) is 208 cm³/mol. The van der Waals surface area contributed by atoms with Gasteiger partial charge in [0.2, 0.25) is 17.7 Å². The highest BCUT2D eigenvalue weighted by molar-refractivity contribution is 5.87. The quantitative estimate of drug-likeness (QED) is 0.0308. The molecule has 0 aliphatic heterocycles. The van der Waals surface area contributed by atoms with Crippen molar-refractivity contribution in [1.82, 2.24) is 26.6 Å². The van der Waals surface area contributed by atoms with E-state index >= 15 is 0 Å². The van der Waals surface area contributed by atoms with Crippen LogP contribution in [0.25, 0.3) is 0 Å². The number of carbonyl (C=O) groups excluding carboxylic acids is 3. The summed E-state index contributed by atoms with van der Waals surface area (Å²) >= 11 is 0. The number of benzene rings is 1. The van der Waals surface area contributed by atoms with E-state index < -0.39 is 24.2 Å². The van der Waals surface area contributed by atoms with Crippen molar-refractivity contribution in [3.8, 4) is 5.75 Å². The number of carboxylic acid groups (broad SMARTS) is 1. The molecule has 0 aliphatic carbocycles. The molecule has 2 atom stereocenters. The fourth-order valence-electron chi connectivity index (χ4n) is 5.09. The Morgan fingerprint density at radius 3 is 1.78 bits per heavy atom. The summed E-state index contributed by atoms with van der Waals surface area (Å²) in [4.78, 5) is 50.5. The number of phenols is 1. The molecule has 0 aliphatic rings. The van der Waals surface area contributed by atoms with Crippen LogP contribution in [0.3, 0.4) is 0 Å². The highest BCUT2D eigenvalue weighted by Gasteiger charge is 2.38. The molecule has 3 amide bonds. The van der Waals surface area contributed by atoms with Crippen LogP contribution in [0.2, 0.25) is 0 Å². The Bertz CT molecular complexity index is 1220. The molecular formula is C37H66F3N9O6. The zero-order valence-electron chi connectivity index (χ0n) is 32.4. The number of nitrogens with one attached hydrogen (secondary N) is 5. The van der Waals surface area contributed by atoms with Gasteiger partial charge >= 0.3 is 12.1 Å². The molecule has 0 aromatic heterocycles. The number of nitrogens with two attached hydrogens (primary N) is 3. The zero-order chi connectivity index (χ0) is 41.3. The first-order valence-electron chi connectivity index (χ1n) is 19.3. The van der Waals surface area contributed by atoms with Crippen molar-refractivity contribution in [3.05, 3.63) is 29.8 Å². The summed E-state index contributed by atoms with van der Waals surface area (Å²) in [6.45, 7) is 7.17. The summed E-state index contributed by atoms with van der Waals surface area (Å²) in [6, 6.07) is 5.52. The molecule has 0 spiro atoms. The number of amides is 3. The van der Waals surface area contributed by atoms with Crippen molar-refractivity contribution < 1.29 is 42.6 Å². The van der Waals surface area contributed by atoms with Gasteiger partial charge in [-0.2, -0.15) is 13.2 Å². The number of phenolic OH excluding ortho intramolecular Hbond substituents is 1. The normalized spacial score (nSPS) is 12.1. The Labute approximate surface area is 323 Å². The Morgan fingerprint density at radius 1 is 0.745 bits per heavy atom. The molecule has 0 unspecified atom stereocenters. The van der Waals surface area contributed by atoms with E-state index in [1.165, 1.54) is 25.7 Å². The summed E-state index contributed by atoms with van der Waals surface area (Å²) < 4.78 is 31.7. The van der Waals surface area contributed by atoms with Crippen molar-refractivity contribution >= 4 is 29.7 Å². The summed E-state index contributed by atoms with van der Waals surface area (Å²) in [5.74, 6) is -2.99. The molecule has 1 aromatic rings. The number of unbranched alkanes of at least 4 members (excludes halogenated alkanes) is 7. The summed E-state index contributed by atoms with van der Waals surface area (Å²) in [5, 5.41) is 32.3. The molecule has 0 bridgehead atoms. The van der Waals surface area contributed by atoms with Gasteiger partial charge in [-0.1, -0.05) is 57.6 Å². The monoisotopic (exact) mass is 790 g/mol. The molecule has 0 saturated carbocycles. The van der Waals surface area contributed by atoms with E-state index in [0.717, 1.165) is 76.7 Å². The van der Waals surface area contributed by atoms with E-state index in [2.05, 4.69) is 38.5 Å². The maximum absolute atomic E-state index is 13.0. The number of halogens is 3. The summed E-state index contributed by atoms with van der Waals surface area (Å²) in [5.41, 5.74) is 17.3. The molecule has 13 N–H and O–H groups in total. The van der Waals surface area contributed by atoms with E-state index in [-0.39, 0.29) is 29.4 Å². The van der Waals surface area contributed by atoms with Crippen molar-refractivity contribution in [2.75, 3.05) is 45.8 Å². The smallest absolute Gasteiger partial charge is 0.490 e. The van der Waals surface area contributed by atoms with Crippen LogP contribution in [0.1, 0.15) is 102 Å². The molecule has 0 radical (unpaired) electrons. The Hall–Kier alpha value is -4.16. The molecule has 0 saturated heterocycles. The first-order chi connectivity index (χ1) is 26.2. The van der Waals surface area contributed by atoms with Gasteiger partial charge in [0, 0.05) is 32.5 Å². The summed E-state index contributed by atoms with van der Waals surface area (Å²) in [7, 11) is 0. The molecule has 0 heterocycles. The Kier molecular flexibility index (Phi) is 29.7. The number of rotatable bonds is 30. The van der Waals surface area contributed by atoms with Crippen molar-refractivity contribution in [2.24, 2.45) is 22.2 Å². The lowest BCUT2D eigenvalue weighted by atomic mass is 10.0. The highest BCUT2D eigenvalue weighted by atomic mass is 19.4. The molecule has 18 heteroatoms. The third-order valence-corrected chi connectivity index (χ3v) is 8.20. The first-order valence-corrected chi connectivity index (χ1v) is 19.3. The lowest BCUT2D eigenvalue weighted by molar-refractivity contribution is -0.192. The third kappa shape index (κ3) is 30.8. The maximum atomic E-state index is 13.0. The predicted octanol–water partition coefficient (Wildman–Crippen LogP) is 2.55.